The van der Waals surface area contributed by atoms with Crippen LogP contribution in [-0.4, -0.2) is 36.0 Å². The Morgan fingerprint density at radius 3 is 2.35 bits per heavy atom. The van der Waals surface area contributed by atoms with E-state index in [0.717, 1.165) is 18.6 Å². The number of rotatable bonds is 6. The summed E-state index contributed by atoms with van der Waals surface area (Å²) in [4.78, 5) is 23.3. The second-order valence-corrected chi connectivity index (χ2v) is 6.38. The van der Waals surface area contributed by atoms with E-state index in [1.807, 2.05) is 6.26 Å². The van der Waals surface area contributed by atoms with Gasteiger partial charge in [-0.1, -0.05) is 32.1 Å². The molecule has 0 unspecified atom stereocenters. The minimum Gasteiger partial charge on any atom is -0.352 e. The maximum Gasteiger partial charge on any atom is 0.312 e. The fourth-order valence-corrected chi connectivity index (χ4v) is 3.05. The zero-order valence-electron chi connectivity index (χ0n) is 12.3. The van der Waals surface area contributed by atoms with Crippen LogP contribution in [0.1, 0.15) is 51.4 Å². The zero-order valence-corrected chi connectivity index (χ0v) is 13.1. The van der Waals surface area contributed by atoms with E-state index >= 15 is 0 Å². The van der Waals surface area contributed by atoms with Crippen LogP contribution >= 0.6 is 11.8 Å². The highest BCUT2D eigenvalue weighted by Crippen LogP contribution is 2.17. The molecule has 1 aliphatic rings. The maximum absolute atomic E-state index is 12.3. The number of nitrogens with two attached hydrogens (primary N) is 1. The Hall–Kier alpha value is -0.910. The predicted molar refractivity (Wildman–Crippen MR) is 83.8 cm³/mol. The van der Waals surface area contributed by atoms with Crippen molar-refractivity contribution in [3.05, 3.63) is 0 Å². The molecule has 1 aliphatic carbocycles. The molecule has 0 radical (unpaired) electrons. The van der Waals surface area contributed by atoms with Gasteiger partial charge in [0.15, 0.2) is 0 Å². The van der Waals surface area contributed by atoms with Crippen LogP contribution in [-0.2, 0) is 4.79 Å². The number of amides is 3. The van der Waals surface area contributed by atoms with E-state index in [1.165, 1.54) is 32.1 Å². The quantitative estimate of drug-likeness (QED) is 0.701. The molecule has 4 N–H and O–H groups in total. The summed E-state index contributed by atoms with van der Waals surface area (Å²) in [5.41, 5.74) is 5.14. The molecule has 20 heavy (non-hydrogen) atoms. The first kappa shape index (κ1) is 17.1. The van der Waals surface area contributed by atoms with Gasteiger partial charge in [0, 0.05) is 6.04 Å². The average molecular weight is 301 g/mol. The maximum atomic E-state index is 12.3. The van der Waals surface area contributed by atoms with Crippen molar-refractivity contribution in [2.45, 2.75) is 63.5 Å². The van der Waals surface area contributed by atoms with Gasteiger partial charge in [-0.3, -0.25) is 4.79 Å². The standard InChI is InChI=1S/C14H27N3O2S/c1-20-10-9-12(17-14(15)19)13(18)16-11-7-5-3-2-4-6-8-11/h11-12H,2-10H2,1H3,(H,16,18)(H3,15,17,19)/t12-/m1/s1. The molecule has 0 aromatic heterocycles. The third-order valence-electron chi connectivity index (χ3n) is 3.70. The molecule has 0 aromatic carbocycles. The van der Waals surface area contributed by atoms with Crippen LogP contribution in [0.25, 0.3) is 0 Å². The monoisotopic (exact) mass is 301 g/mol. The number of thioether (sulfide) groups is 1. The Morgan fingerprint density at radius 2 is 1.80 bits per heavy atom. The summed E-state index contributed by atoms with van der Waals surface area (Å²) >= 11 is 1.65. The average Bonchev–Trinajstić information content (AvgIpc) is 2.37. The van der Waals surface area contributed by atoms with Gasteiger partial charge in [0.2, 0.25) is 5.91 Å². The summed E-state index contributed by atoms with van der Waals surface area (Å²) in [6.45, 7) is 0. The molecule has 116 valence electrons. The van der Waals surface area contributed by atoms with Crippen molar-refractivity contribution in [3.8, 4) is 0 Å². The molecule has 1 atom stereocenters. The third kappa shape index (κ3) is 7.03. The molecular formula is C14H27N3O2S. The van der Waals surface area contributed by atoms with Crippen LogP contribution < -0.4 is 16.4 Å². The summed E-state index contributed by atoms with van der Waals surface area (Å²) in [5, 5.41) is 5.63. The summed E-state index contributed by atoms with van der Waals surface area (Å²) in [6, 6.07) is -0.899. The lowest BCUT2D eigenvalue weighted by Crippen LogP contribution is -2.51. The summed E-state index contributed by atoms with van der Waals surface area (Å²) in [7, 11) is 0. The highest BCUT2D eigenvalue weighted by Gasteiger charge is 2.22. The van der Waals surface area contributed by atoms with Gasteiger partial charge < -0.3 is 16.4 Å². The van der Waals surface area contributed by atoms with Gasteiger partial charge >= 0.3 is 6.03 Å². The molecule has 0 aliphatic heterocycles. The predicted octanol–water partition coefficient (Wildman–Crippen LogP) is 2.01. The highest BCUT2D eigenvalue weighted by molar-refractivity contribution is 7.98. The Kier molecular flexibility index (Phi) is 8.49. The summed E-state index contributed by atoms with van der Waals surface area (Å²) in [6.07, 6.45) is 10.8. The van der Waals surface area contributed by atoms with Gasteiger partial charge in [-0.15, -0.1) is 0 Å². The largest absolute Gasteiger partial charge is 0.352 e. The van der Waals surface area contributed by atoms with Crippen LogP contribution in [0.5, 0.6) is 0 Å². The number of primary amides is 1. The fraction of sp³-hybridized carbons (Fsp3) is 0.857. The van der Waals surface area contributed by atoms with Crippen molar-refractivity contribution in [1.29, 1.82) is 0 Å². The van der Waals surface area contributed by atoms with Crippen LogP contribution in [0.2, 0.25) is 0 Å². The lowest BCUT2D eigenvalue weighted by Gasteiger charge is -2.24. The molecule has 0 heterocycles. The molecule has 0 bridgehead atoms. The van der Waals surface area contributed by atoms with Gasteiger partial charge in [-0.05, 0) is 31.3 Å². The Balaban J connectivity index is 2.47. The number of nitrogens with one attached hydrogen (secondary N) is 2. The first-order valence-corrected chi connectivity index (χ1v) is 8.88. The van der Waals surface area contributed by atoms with E-state index in [2.05, 4.69) is 10.6 Å². The Bertz CT molecular complexity index is 305. The third-order valence-corrected chi connectivity index (χ3v) is 4.34. The van der Waals surface area contributed by atoms with Crippen LogP contribution in [0.3, 0.4) is 0 Å². The molecule has 5 nitrogen and oxygen atoms in total. The molecule has 1 fully saturated rings. The van der Waals surface area contributed by atoms with Crippen LogP contribution in [0.15, 0.2) is 0 Å². The topological polar surface area (TPSA) is 84.2 Å². The number of hydrogen-bond donors (Lipinski definition) is 3. The smallest absolute Gasteiger partial charge is 0.312 e. The zero-order chi connectivity index (χ0) is 14.8. The van der Waals surface area contributed by atoms with E-state index in [9.17, 15) is 9.59 Å². The van der Waals surface area contributed by atoms with Crippen molar-refractivity contribution in [3.63, 3.8) is 0 Å². The second kappa shape index (κ2) is 9.91. The Labute approximate surface area is 125 Å². The summed E-state index contributed by atoms with van der Waals surface area (Å²) < 4.78 is 0. The SMILES string of the molecule is CSCC[C@@H](NC(N)=O)C(=O)NC1CCCCCCC1. The van der Waals surface area contributed by atoms with Gasteiger partial charge in [-0.2, -0.15) is 11.8 Å². The molecule has 1 rings (SSSR count). The molecule has 1 saturated carbocycles. The van der Waals surface area contributed by atoms with Gasteiger partial charge in [0.25, 0.3) is 0 Å². The first-order chi connectivity index (χ1) is 9.63. The van der Waals surface area contributed by atoms with E-state index in [-0.39, 0.29) is 11.9 Å². The van der Waals surface area contributed by atoms with Crippen molar-refractivity contribution < 1.29 is 9.59 Å². The number of carbonyl (C=O) groups is 2. The van der Waals surface area contributed by atoms with Crippen molar-refractivity contribution >= 4 is 23.7 Å². The minimum absolute atomic E-state index is 0.0941. The van der Waals surface area contributed by atoms with Crippen LogP contribution in [0, 0.1) is 0 Å². The van der Waals surface area contributed by atoms with E-state index in [1.54, 1.807) is 11.8 Å². The molecule has 0 aromatic rings. The molecule has 6 heteroatoms. The van der Waals surface area contributed by atoms with E-state index in [4.69, 9.17) is 5.73 Å². The Morgan fingerprint density at radius 1 is 1.20 bits per heavy atom. The summed E-state index contributed by atoms with van der Waals surface area (Å²) in [5.74, 6) is 0.728. The molecular weight excluding hydrogens is 274 g/mol. The van der Waals surface area contributed by atoms with E-state index < -0.39 is 12.1 Å². The van der Waals surface area contributed by atoms with Crippen molar-refractivity contribution in [1.82, 2.24) is 10.6 Å². The van der Waals surface area contributed by atoms with Gasteiger partial charge in [0.1, 0.15) is 6.04 Å². The highest BCUT2D eigenvalue weighted by atomic mass is 32.2. The number of hydrogen-bond acceptors (Lipinski definition) is 3. The lowest BCUT2D eigenvalue weighted by atomic mass is 9.96. The normalized spacial score (nSPS) is 18.6. The van der Waals surface area contributed by atoms with Crippen molar-refractivity contribution in [2.24, 2.45) is 5.73 Å². The lowest BCUT2D eigenvalue weighted by molar-refractivity contribution is -0.123. The molecule has 0 spiro atoms. The molecule has 3 amide bonds. The number of urea groups is 1. The first-order valence-electron chi connectivity index (χ1n) is 7.48. The van der Waals surface area contributed by atoms with E-state index in [0.29, 0.717) is 6.42 Å². The minimum atomic E-state index is -0.635. The fourth-order valence-electron chi connectivity index (χ4n) is 2.58. The second-order valence-electron chi connectivity index (χ2n) is 5.39. The van der Waals surface area contributed by atoms with Gasteiger partial charge in [0.05, 0.1) is 0 Å². The number of carbonyl (C=O) groups excluding carboxylic acids is 2. The van der Waals surface area contributed by atoms with Crippen molar-refractivity contribution in [2.75, 3.05) is 12.0 Å². The van der Waals surface area contributed by atoms with Gasteiger partial charge in [-0.25, -0.2) is 4.79 Å². The van der Waals surface area contributed by atoms with Crippen LogP contribution in [0.4, 0.5) is 4.79 Å². The molecule has 0 saturated heterocycles.